The van der Waals surface area contributed by atoms with Gasteiger partial charge in [0.15, 0.2) is 12.4 Å². The summed E-state index contributed by atoms with van der Waals surface area (Å²) < 4.78 is 23.8. The number of rotatable bonds is 8. The highest BCUT2D eigenvalue weighted by Crippen LogP contribution is 2.20. The highest BCUT2D eigenvalue weighted by atomic mass is 19.1. The van der Waals surface area contributed by atoms with Crippen molar-refractivity contribution in [1.82, 2.24) is 19.9 Å². The molecule has 1 aliphatic heterocycles. The van der Waals surface area contributed by atoms with E-state index < -0.39 is 0 Å². The third kappa shape index (κ3) is 5.28. The summed E-state index contributed by atoms with van der Waals surface area (Å²) in [4.78, 5) is 20.9. The number of unbranched alkanes of at least 4 members (excludes halogenated alkanes) is 1. The Labute approximate surface area is 164 Å². The number of nitrogens with zero attached hydrogens (tertiary/aromatic N) is 4. The van der Waals surface area contributed by atoms with Crippen LogP contribution < -0.4 is 4.74 Å². The molecule has 0 bridgehead atoms. The summed E-state index contributed by atoms with van der Waals surface area (Å²) in [7, 11) is 0. The molecule has 2 aromatic rings. The minimum Gasteiger partial charge on any atom is -0.484 e. The predicted octanol–water partition coefficient (Wildman–Crippen LogP) is 2.84. The Morgan fingerprint density at radius 3 is 2.64 bits per heavy atom. The number of halogens is 1. The number of benzene rings is 1. The molecule has 2 heterocycles. The molecule has 0 N–H and O–H groups in total. The average molecular weight is 390 g/mol. The fraction of sp³-hybridized carbons (Fsp3) is 0.550. The highest BCUT2D eigenvalue weighted by molar-refractivity contribution is 5.77. The fourth-order valence-corrected chi connectivity index (χ4v) is 3.16. The SMILES string of the molecule is CCCCc1noc(C(C)N2CCN(C(=O)COc3ccc(F)cc3)CC2)n1. The Hall–Kier alpha value is -2.48. The van der Waals surface area contributed by atoms with E-state index in [0.29, 0.717) is 24.7 Å². The molecule has 1 aromatic heterocycles. The zero-order valence-corrected chi connectivity index (χ0v) is 16.4. The van der Waals surface area contributed by atoms with Crippen LogP contribution >= 0.6 is 0 Å². The molecule has 1 unspecified atom stereocenters. The standard InChI is InChI=1S/C20H27FN4O3/c1-3-4-5-18-22-20(28-23-18)15(2)24-10-12-25(13-11-24)19(26)14-27-17-8-6-16(21)7-9-17/h6-9,15H,3-5,10-14H2,1-2H3. The van der Waals surface area contributed by atoms with Gasteiger partial charge in [0.25, 0.3) is 5.91 Å². The van der Waals surface area contributed by atoms with E-state index >= 15 is 0 Å². The Morgan fingerprint density at radius 1 is 1.25 bits per heavy atom. The van der Waals surface area contributed by atoms with Gasteiger partial charge in [-0.25, -0.2) is 4.39 Å². The van der Waals surface area contributed by atoms with Crippen molar-refractivity contribution in [2.45, 2.75) is 39.2 Å². The number of amides is 1. The van der Waals surface area contributed by atoms with Crippen molar-refractivity contribution < 1.29 is 18.4 Å². The number of carbonyl (C=O) groups excluding carboxylic acids is 1. The second-order valence-electron chi connectivity index (χ2n) is 6.99. The normalized spacial score (nSPS) is 16.2. The highest BCUT2D eigenvalue weighted by Gasteiger charge is 2.27. The monoisotopic (exact) mass is 390 g/mol. The van der Waals surface area contributed by atoms with Crippen molar-refractivity contribution in [2.24, 2.45) is 0 Å². The lowest BCUT2D eigenvalue weighted by molar-refractivity contribution is -0.135. The third-order valence-electron chi connectivity index (χ3n) is 4.99. The van der Waals surface area contributed by atoms with E-state index in [0.717, 1.165) is 38.2 Å². The summed E-state index contributed by atoms with van der Waals surface area (Å²) in [5.41, 5.74) is 0. The Bertz CT molecular complexity index is 757. The van der Waals surface area contributed by atoms with Crippen molar-refractivity contribution in [3.8, 4) is 5.75 Å². The number of hydrogen-bond donors (Lipinski definition) is 0. The maximum Gasteiger partial charge on any atom is 0.260 e. The first-order chi connectivity index (χ1) is 13.6. The van der Waals surface area contributed by atoms with Gasteiger partial charge in [0.2, 0.25) is 5.89 Å². The maximum atomic E-state index is 12.9. The molecule has 1 fully saturated rings. The van der Waals surface area contributed by atoms with E-state index in [1.165, 1.54) is 24.3 Å². The summed E-state index contributed by atoms with van der Waals surface area (Å²) in [6.07, 6.45) is 2.98. The second-order valence-corrected chi connectivity index (χ2v) is 6.99. The molecule has 1 aliphatic rings. The summed E-state index contributed by atoms with van der Waals surface area (Å²) in [5.74, 6) is 1.47. The molecule has 1 atom stereocenters. The van der Waals surface area contributed by atoms with E-state index in [2.05, 4.69) is 22.0 Å². The molecule has 152 valence electrons. The van der Waals surface area contributed by atoms with E-state index in [-0.39, 0.29) is 24.4 Å². The lowest BCUT2D eigenvalue weighted by atomic mass is 10.2. The molecule has 1 amide bonds. The Morgan fingerprint density at radius 2 is 1.96 bits per heavy atom. The van der Waals surface area contributed by atoms with Gasteiger partial charge in [-0.2, -0.15) is 4.98 Å². The topological polar surface area (TPSA) is 71.7 Å². The van der Waals surface area contributed by atoms with Crippen molar-refractivity contribution in [2.75, 3.05) is 32.8 Å². The van der Waals surface area contributed by atoms with Gasteiger partial charge in [-0.05, 0) is 37.6 Å². The van der Waals surface area contributed by atoms with Crippen LogP contribution in [0.15, 0.2) is 28.8 Å². The molecular formula is C20H27FN4O3. The molecule has 1 saturated heterocycles. The zero-order valence-electron chi connectivity index (χ0n) is 16.4. The van der Waals surface area contributed by atoms with Crippen LogP contribution in [0.4, 0.5) is 4.39 Å². The molecule has 7 nitrogen and oxygen atoms in total. The van der Waals surface area contributed by atoms with Crippen LogP contribution in [-0.4, -0.2) is 58.6 Å². The molecule has 0 spiro atoms. The molecule has 0 aliphatic carbocycles. The van der Waals surface area contributed by atoms with Crippen LogP contribution in [0.1, 0.15) is 44.4 Å². The zero-order chi connectivity index (χ0) is 19.9. The minimum atomic E-state index is -0.331. The first-order valence-electron chi connectivity index (χ1n) is 9.79. The van der Waals surface area contributed by atoms with Crippen LogP contribution in [0, 0.1) is 5.82 Å². The van der Waals surface area contributed by atoms with Crippen LogP contribution in [0.5, 0.6) is 5.75 Å². The lowest BCUT2D eigenvalue weighted by Gasteiger charge is -2.36. The van der Waals surface area contributed by atoms with Gasteiger partial charge < -0.3 is 14.2 Å². The first-order valence-corrected chi connectivity index (χ1v) is 9.79. The van der Waals surface area contributed by atoms with E-state index in [4.69, 9.17) is 9.26 Å². The molecule has 8 heteroatoms. The Balaban J connectivity index is 1.44. The molecule has 3 rings (SSSR count). The molecule has 0 saturated carbocycles. The molecule has 0 radical (unpaired) electrons. The maximum absolute atomic E-state index is 12.9. The van der Waals surface area contributed by atoms with Crippen molar-refractivity contribution in [3.05, 3.63) is 41.8 Å². The first kappa shape index (κ1) is 20.3. The minimum absolute atomic E-state index is 0.0237. The lowest BCUT2D eigenvalue weighted by Crippen LogP contribution is -2.50. The van der Waals surface area contributed by atoms with E-state index in [1.807, 2.05) is 6.92 Å². The second kappa shape index (κ2) is 9.64. The third-order valence-corrected chi connectivity index (χ3v) is 4.99. The summed E-state index contributed by atoms with van der Waals surface area (Å²) in [6, 6.07) is 5.68. The number of hydrogen-bond acceptors (Lipinski definition) is 6. The van der Waals surface area contributed by atoms with Gasteiger partial charge in [0, 0.05) is 32.6 Å². The largest absolute Gasteiger partial charge is 0.484 e. The van der Waals surface area contributed by atoms with Crippen molar-refractivity contribution >= 4 is 5.91 Å². The number of carbonyl (C=O) groups is 1. The van der Waals surface area contributed by atoms with Gasteiger partial charge in [-0.1, -0.05) is 18.5 Å². The predicted molar refractivity (Wildman–Crippen MR) is 101 cm³/mol. The smallest absolute Gasteiger partial charge is 0.260 e. The molecule has 1 aromatic carbocycles. The summed E-state index contributed by atoms with van der Waals surface area (Å²) >= 11 is 0. The van der Waals surface area contributed by atoms with Crippen LogP contribution in [0.3, 0.4) is 0 Å². The van der Waals surface area contributed by atoms with Gasteiger partial charge in [0.05, 0.1) is 6.04 Å². The van der Waals surface area contributed by atoms with E-state index in [9.17, 15) is 9.18 Å². The molecular weight excluding hydrogens is 363 g/mol. The van der Waals surface area contributed by atoms with E-state index in [1.54, 1.807) is 4.90 Å². The van der Waals surface area contributed by atoms with Crippen molar-refractivity contribution in [3.63, 3.8) is 0 Å². The summed E-state index contributed by atoms with van der Waals surface area (Å²) in [6.45, 7) is 6.83. The summed E-state index contributed by atoms with van der Waals surface area (Å²) in [5, 5.41) is 4.05. The number of ether oxygens (including phenoxy) is 1. The number of aryl methyl sites for hydroxylation is 1. The van der Waals surface area contributed by atoms with Gasteiger partial charge in [0.1, 0.15) is 11.6 Å². The number of piperazine rings is 1. The van der Waals surface area contributed by atoms with Crippen LogP contribution in [-0.2, 0) is 11.2 Å². The van der Waals surface area contributed by atoms with Crippen molar-refractivity contribution in [1.29, 1.82) is 0 Å². The quantitative estimate of drug-likeness (QED) is 0.690. The fourth-order valence-electron chi connectivity index (χ4n) is 3.16. The Kier molecular flexibility index (Phi) is 6.97. The average Bonchev–Trinajstić information content (AvgIpc) is 3.20. The molecule has 28 heavy (non-hydrogen) atoms. The number of aromatic nitrogens is 2. The van der Waals surface area contributed by atoms with Gasteiger partial charge in [-0.3, -0.25) is 9.69 Å². The van der Waals surface area contributed by atoms with Crippen LogP contribution in [0.25, 0.3) is 0 Å². The van der Waals surface area contributed by atoms with Gasteiger partial charge >= 0.3 is 0 Å². The van der Waals surface area contributed by atoms with Crippen LogP contribution in [0.2, 0.25) is 0 Å². The van der Waals surface area contributed by atoms with Gasteiger partial charge in [-0.15, -0.1) is 0 Å².